The summed E-state index contributed by atoms with van der Waals surface area (Å²) in [5.74, 6) is -0.361. The number of hydrogen-bond acceptors (Lipinski definition) is 7. The Hall–Kier alpha value is -1.62. The van der Waals surface area contributed by atoms with E-state index in [0.717, 1.165) is 19.4 Å². The van der Waals surface area contributed by atoms with Crippen LogP contribution in [0.25, 0.3) is 0 Å². The average molecular weight is 436 g/mol. The molecule has 1 atom stereocenters. The van der Waals surface area contributed by atoms with Gasteiger partial charge in [0.2, 0.25) is 15.9 Å². The molecule has 1 unspecified atom stereocenters. The van der Waals surface area contributed by atoms with E-state index in [1.165, 1.54) is 25.3 Å². The number of furan rings is 1. The number of ether oxygens (including phenoxy) is 1. The van der Waals surface area contributed by atoms with Gasteiger partial charge in [-0.15, -0.1) is 12.4 Å². The van der Waals surface area contributed by atoms with Gasteiger partial charge >= 0.3 is 5.97 Å². The minimum atomic E-state index is -3.94. The number of halogens is 1. The fraction of sp³-hybridized carbons (Fsp3) is 0.647. The number of piperazine rings is 1. The number of rotatable bonds is 4. The first kappa shape index (κ1) is 22.7. The van der Waals surface area contributed by atoms with E-state index in [-0.39, 0.29) is 59.4 Å². The fourth-order valence-corrected chi connectivity index (χ4v) is 5.50. The van der Waals surface area contributed by atoms with E-state index in [0.29, 0.717) is 13.1 Å². The zero-order valence-electron chi connectivity index (χ0n) is 16.2. The zero-order valence-corrected chi connectivity index (χ0v) is 17.8. The minimum absolute atomic E-state index is 0. The number of esters is 1. The lowest BCUT2D eigenvalue weighted by Crippen LogP contribution is -2.54. The van der Waals surface area contributed by atoms with Crippen molar-refractivity contribution in [3.05, 3.63) is 17.1 Å². The van der Waals surface area contributed by atoms with Gasteiger partial charge in [0.05, 0.1) is 13.2 Å². The Kier molecular flexibility index (Phi) is 7.13. The maximum Gasteiger partial charge on any atom is 0.342 e. The van der Waals surface area contributed by atoms with Crippen LogP contribution in [0.5, 0.6) is 0 Å². The van der Waals surface area contributed by atoms with Crippen molar-refractivity contribution in [1.82, 2.24) is 14.5 Å². The predicted molar refractivity (Wildman–Crippen MR) is 103 cm³/mol. The summed E-state index contributed by atoms with van der Waals surface area (Å²) in [5, 5.41) is 3.17. The van der Waals surface area contributed by atoms with Crippen molar-refractivity contribution in [1.29, 1.82) is 0 Å². The van der Waals surface area contributed by atoms with Crippen LogP contribution in [0.4, 0.5) is 0 Å². The molecule has 0 aromatic carbocycles. The standard InChI is InChI=1S/C17H25N3O6S.ClH/c1-11-14(17(22)25-3)15(12(2)26-11)27(23,24)20-9-7-19(8-10-20)16(21)13-5-4-6-18-13;/h13,18H,4-10H2,1-3H3;1H. The highest BCUT2D eigenvalue weighted by molar-refractivity contribution is 7.89. The Morgan fingerprint density at radius 3 is 2.32 bits per heavy atom. The molecule has 2 fully saturated rings. The molecule has 2 saturated heterocycles. The first-order valence-corrected chi connectivity index (χ1v) is 10.4. The van der Waals surface area contributed by atoms with Gasteiger partial charge in [0, 0.05) is 26.2 Å². The molecule has 1 aromatic heterocycles. The van der Waals surface area contributed by atoms with E-state index in [1.54, 1.807) is 4.90 Å². The summed E-state index contributed by atoms with van der Waals surface area (Å²) < 4.78 is 37.7. The van der Waals surface area contributed by atoms with Crippen LogP contribution in [0.15, 0.2) is 9.31 Å². The summed E-state index contributed by atoms with van der Waals surface area (Å²) in [6.45, 7) is 4.86. The molecule has 11 heteroatoms. The molecule has 158 valence electrons. The third-order valence-electron chi connectivity index (χ3n) is 5.10. The highest BCUT2D eigenvalue weighted by Gasteiger charge is 2.38. The number of carbonyl (C=O) groups excluding carboxylic acids is 2. The fourth-order valence-electron chi connectivity index (χ4n) is 3.71. The van der Waals surface area contributed by atoms with Crippen LogP contribution >= 0.6 is 12.4 Å². The molecule has 28 heavy (non-hydrogen) atoms. The first-order chi connectivity index (χ1) is 12.8. The van der Waals surface area contributed by atoms with E-state index >= 15 is 0 Å². The zero-order chi connectivity index (χ0) is 19.8. The number of aryl methyl sites for hydroxylation is 2. The normalized spacial score (nSPS) is 20.7. The molecule has 0 aliphatic carbocycles. The number of carbonyl (C=O) groups is 2. The molecule has 1 amide bonds. The summed E-state index contributed by atoms with van der Waals surface area (Å²) in [6, 6.07) is -0.169. The number of amides is 1. The maximum atomic E-state index is 13.1. The minimum Gasteiger partial charge on any atom is -0.465 e. The second-order valence-corrected chi connectivity index (χ2v) is 8.66. The molecule has 1 N–H and O–H groups in total. The molecule has 0 saturated carbocycles. The highest BCUT2D eigenvalue weighted by atomic mass is 35.5. The summed E-state index contributed by atoms with van der Waals surface area (Å²) >= 11 is 0. The average Bonchev–Trinajstić information content (AvgIpc) is 3.28. The Morgan fingerprint density at radius 2 is 1.79 bits per heavy atom. The van der Waals surface area contributed by atoms with Gasteiger partial charge in [-0.2, -0.15) is 4.31 Å². The SMILES string of the molecule is COC(=O)c1c(C)oc(C)c1S(=O)(=O)N1CCN(C(=O)C2CCCN2)CC1.Cl. The summed E-state index contributed by atoms with van der Waals surface area (Å²) in [6.07, 6.45) is 1.79. The van der Waals surface area contributed by atoms with E-state index < -0.39 is 16.0 Å². The van der Waals surface area contributed by atoms with Crippen LogP contribution in [0.3, 0.4) is 0 Å². The van der Waals surface area contributed by atoms with Crippen molar-refractivity contribution in [3.63, 3.8) is 0 Å². The lowest BCUT2D eigenvalue weighted by atomic mass is 10.2. The van der Waals surface area contributed by atoms with Crippen LogP contribution in [-0.4, -0.2) is 75.4 Å². The molecule has 2 aliphatic rings. The molecule has 2 aliphatic heterocycles. The van der Waals surface area contributed by atoms with Crippen molar-refractivity contribution in [3.8, 4) is 0 Å². The number of nitrogens with one attached hydrogen (secondary N) is 1. The van der Waals surface area contributed by atoms with Crippen molar-refractivity contribution >= 4 is 34.3 Å². The van der Waals surface area contributed by atoms with Crippen molar-refractivity contribution in [2.24, 2.45) is 0 Å². The second-order valence-electron chi connectivity index (χ2n) is 6.79. The van der Waals surface area contributed by atoms with Gasteiger partial charge in [-0.25, -0.2) is 13.2 Å². The van der Waals surface area contributed by atoms with E-state index in [2.05, 4.69) is 5.32 Å². The van der Waals surface area contributed by atoms with Gasteiger partial charge in [-0.05, 0) is 33.2 Å². The number of methoxy groups -OCH3 is 1. The Balaban J connectivity index is 0.00000280. The molecular weight excluding hydrogens is 410 g/mol. The molecular formula is C17H26ClN3O6S. The van der Waals surface area contributed by atoms with Crippen LogP contribution in [-0.2, 0) is 19.6 Å². The van der Waals surface area contributed by atoms with Gasteiger partial charge in [0.15, 0.2) is 0 Å². The number of nitrogens with zero attached hydrogens (tertiary/aromatic N) is 2. The summed E-state index contributed by atoms with van der Waals surface area (Å²) in [7, 11) is -2.74. The van der Waals surface area contributed by atoms with E-state index in [4.69, 9.17) is 9.15 Å². The number of sulfonamides is 1. The third-order valence-corrected chi connectivity index (χ3v) is 7.15. The van der Waals surface area contributed by atoms with Gasteiger partial charge < -0.3 is 19.4 Å². The largest absolute Gasteiger partial charge is 0.465 e. The van der Waals surface area contributed by atoms with Crippen molar-refractivity contribution in [2.45, 2.75) is 37.6 Å². The third kappa shape index (κ3) is 4.05. The molecule has 3 heterocycles. The molecule has 1 aromatic rings. The van der Waals surface area contributed by atoms with Crippen LogP contribution < -0.4 is 5.32 Å². The summed E-state index contributed by atoms with van der Waals surface area (Å²) in [5.41, 5.74) is -0.0661. The topological polar surface area (TPSA) is 109 Å². The van der Waals surface area contributed by atoms with Crippen LogP contribution in [0, 0.1) is 13.8 Å². The Bertz CT molecular complexity index is 839. The lowest BCUT2D eigenvalue weighted by Gasteiger charge is -2.35. The van der Waals surface area contributed by atoms with Crippen molar-refractivity contribution < 1.29 is 27.2 Å². The van der Waals surface area contributed by atoms with Gasteiger partial charge in [0.25, 0.3) is 0 Å². The molecule has 0 radical (unpaired) electrons. The quantitative estimate of drug-likeness (QED) is 0.693. The van der Waals surface area contributed by atoms with Gasteiger partial charge in [-0.1, -0.05) is 0 Å². The highest BCUT2D eigenvalue weighted by Crippen LogP contribution is 2.30. The summed E-state index contributed by atoms with van der Waals surface area (Å²) in [4.78, 5) is 26.1. The molecule has 3 rings (SSSR count). The predicted octanol–water partition coefficient (Wildman–Crippen LogP) is 0.690. The monoisotopic (exact) mass is 435 g/mol. The number of hydrogen-bond donors (Lipinski definition) is 1. The Morgan fingerprint density at radius 1 is 1.14 bits per heavy atom. The Labute approximate surface area is 170 Å². The second kappa shape index (κ2) is 8.81. The molecule has 9 nitrogen and oxygen atoms in total. The first-order valence-electron chi connectivity index (χ1n) is 8.98. The van der Waals surface area contributed by atoms with Crippen molar-refractivity contribution in [2.75, 3.05) is 39.8 Å². The maximum absolute atomic E-state index is 13.1. The lowest BCUT2D eigenvalue weighted by molar-refractivity contribution is -0.134. The smallest absolute Gasteiger partial charge is 0.342 e. The van der Waals surface area contributed by atoms with Crippen LogP contribution in [0.1, 0.15) is 34.7 Å². The van der Waals surface area contributed by atoms with Gasteiger partial charge in [0.1, 0.15) is 22.0 Å². The van der Waals surface area contributed by atoms with Gasteiger partial charge in [-0.3, -0.25) is 4.79 Å². The van der Waals surface area contributed by atoms with E-state index in [1.807, 2.05) is 0 Å². The van der Waals surface area contributed by atoms with E-state index in [9.17, 15) is 18.0 Å². The molecule has 0 bridgehead atoms. The van der Waals surface area contributed by atoms with Crippen LogP contribution in [0.2, 0.25) is 0 Å². The molecule has 0 spiro atoms.